The molecule has 8 nitrogen and oxygen atoms in total. The number of amides is 1. The van der Waals surface area contributed by atoms with Crippen LogP contribution in [-0.4, -0.2) is 57.8 Å². The molecule has 9 heteroatoms. The fraction of sp³-hybridized carbons (Fsp3) is 0.318. The van der Waals surface area contributed by atoms with E-state index in [1.54, 1.807) is 24.3 Å². The molecule has 1 saturated heterocycles. The van der Waals surface area contributed by atoms with Gasteiger partial charge in [-0.15, -0.1) is 10.2 Å². The molecule has 2 aromatic carbocycles. The molecule has 0 saturated carbocycles. The molecule has 162 valence electrons. The summed E-state index contributed by atoms with van der Waals surface area (Å²) in [5.74, 6) is 1.05. The van der Waals surface area contributed by atoms with Crippen molar-refractivity contribution in [2.75, 3.05) is 42.3 Å². The van der Waals surface area contributed by atoms with Crippen LogP contribution in [0.3, 0.4) is 0 Å². The van der Waals surface area contributed by atoms with Gasteiger partial charge in [0, 0.05) is 25.2 Å². The molecule has 0 aliphatic carbocycles. The Kier molecular flexibility index (Phi) is 6.73. The number of morpholine rings is 1. The maximum absolute atomic E-state index is 12.7. The number of nitrogens with zero attached hydrogens (tertiary/aromatic N) is 4. The molecule has 1 aromatic heterocycles. The topological polar surface area (TPSA) is 92.5 Å². The number of benzene rings is 2. The number of carbonyl (C=O) groups excluding carboxylic acids is 1. The summed E-state index contributed by atoms with van der Waals surface area (Å²) in [5, 5.41) is 21.8. The first-order valence-electron chi connectivity index (χ1n) is 10.2. The summed E-state index contributed by atoms with van der Waals surface area (Å²) in [7, 11) is 0. The molecule has 31 heavy (non-hydrogen) atoms. The first-order chi connectivity index (χ1) is 15.2. The highest BCUT2D eigenvalue weighted by molar-refractivity contribution is 7.99. The molecule has 2 N–H and O–H groups in total. The zero-order valence-corrected chi connectivity index (χ0v) is 18.1. The average Bonchev–Trinajstić information content (AvgIpc) is 3.22. The van der Waals surface area contributed by atoms with Crippen LogP contribution in [-0.2, 0) is 16.1 Å². The fourth-order valence-corrected chi connectivity index (χ4v) is 4.28. The largest absolute Gasteiger partial charge is 0.508 e. The van der Waals surface area contributed by atoms with Crippen molar-refractivity contribution in [3.05, 3.63) is 48.5 Å². The lowest BCUT2D eigenvalue weighted by Gasteiger charge is -2.30. The van der Waals surface area contributed by atoms with Gasteiger partial charge in [0.15, 0.2) is 11.0 Å². The van der Waals surface area contributed by atoms with E-state index in [1.807, 2.05) is 35.8 Å². The Morgan fingerprint density at radius 1 is 1.13 bits per heavy atom. The van der Waals surface area contributed by atoms with E-state index in [9.17, 15) is 9.90 Å². The van der Waals surface area contributed by atoms with Gasteiger partial charge in [-0.05, 0) is 43.3 Å². The first-order valence-corrected chi connectivity index (χ1v) is 11.2. The van der Waals surface area contributed by atoms with Gasteiger partial charge in [0.2, 0.25) is 5.91 Å². The van der Waals surface area contributed by atoms with Gasteiger partial charge in [-0.1, -0.05) is 23.9 Å². The minimum Gasteiger partial charge on any atom is -0.508 e. The Bertz CT molecular complexity index is 1030. The molecule has 1 fully saturated rings. The van der Waals surface area contributed by atoms with Gasteiger partial charge in [-0.25, -0.2) is 0 Å². The van der Waals surface area contributed by atoms with E-state index in [2.05, 4.69) is 20.4 Å². The normalized spacial score (nSPS) is 13.9. The first kappa shape index (κ1) is 21.2. The molecule has 0 unspecified atom stereocenters. The Morgan fingerprint density at radius 2 is 1.87 bits per heavy atom. The number of hydrogen-bond donors (Lipinski definition) is 2. The molecule has 2 heterocycles. The predicted octanol–water partition coefficient (Wildman–Crippen LogP) is 3.24. The Hall–Kier alpha value is -3.04. The second-order valence-corrected chi connectivity index (χ2v) is 7.99. The highest BCUT2D eigenvalue weighted by atomic mass is 32.2. The van der Waals surface area contributed by atoms with Crippen molar-refractivity contribution in [1.29, 1.82) is 0 Å². The monoisotopic (exact) mass is 439 g/mol. The number of anilines is 2. The summed E-state index contributed by atoms with van der Waals surface area (Å²) in [5.41, 5.74) is 2.68. The average molecular weight is 440 g/mol. The van der Waals surface area contributed by atoms with Gasteiger partial charge in [0.05, 0.1) is 30.3 Å². The molecule has 0 bridgehead atoms. The van der Waals surface area contributed by atoms with Gasteiger partial charge in [-0.2, -0.15) is 0 Å². The smallest absolute Gasteiger partial charge is 0.234 e. The van der Waals surface area contributed by atoms with E-state index in [4.69, 9.17) is 4.74 Å². The zero-order chi connectivity index (χ0) is 21.6. The summed E-state index contributed by atoms with van der Waals surface area (Å²) in [6.07, 6.45) is 0. The second-order valence-electron chi connectivity index (χ2n) is 7.05. The number of para-hydroxylation sites is 2. The third-order valence-electron chi connectivity index (χ3n) is 5.02. The SMILES string of the molecule is CCn1c(SCC(=O)Nc2ccccc2N2CCOCC2)nnc1-c1ccc(O)cc1. The van der Waals surface area contributed by atoms with Gasteiger partial charge in [0.25, 0.3) is 0 Å². The van der Waals surface area contributed by atoms with Crippen molar-refractivity contribution < 1.29 is 14.6 Å². The lowest BCUT2D eigenvalue weighted by atomic mass is 10.2. The summed E-state index contributed by atoms with van der Waals surface area (Å²) in [6, 6.07) is 14.7. The molecule has 1 amide bonds. The van der Waals surface area contributed by atoms with Crippen LogP contribution in [0, 0.1) is 0 Å². The van der Waals surface area contributed by atoms with Crippen LogP contribution in [0.2, 0.25) is 0 Å². The van der Waals surface area contributed by atoms with Crippen molar-refractivity contribution in [1.82, 2.24) is 14.8 Å². The van der Waals surface area contributed by atoms with Crippen LogP contribution in [0.25, 0.3) is 11.4 Å². The Balaban J connectivity index is 1.42. The summed E-state index contributed by atoms with van der Waals surface area (Å²) in [6.45, 7) is 5.67. The molecule has 0 spiro atoms. The van der Waals surface area contributed by atoms with Crippen molar-refractivity contribution in [3.63, 3.8) is 0 Å². The third kappa shape index (κ3) is 5.00. The zero-order valence-electron chi connectivity index (χ0n) is 17.3. The quantitative estimate of drug-likeness (QED) is 0.546. The molecule has 3 aromatic rings. The molecule has 0 atom stereocenters. The number of thioether (sulfide) groups is 1. The van der Waals surface area contributed by atoms with Crippen LogP contribution in [0.1, 0.15) is 6.92 Å². The van der Waals surface area contributed by atoms with Crippen LogP contribution in [0.15, 0.2) is 53.7 Å². The number of rotatable bonds is 7. The molecular weight excluding hydrogens is 414 g/mol. The van der Waals surface area contributed by atoms with Crippen LogP contribution in [0.4, 0.5) is 11.4 Å². The third-order valence-corrected chi connectivity index (χ3v) is 5.99. The van der Waals surface area contributed by atoms with Crippen molar-refractivity contribution >= 4 is 29.0 Å². The minimum atomic E-state index is -0.0949. The van der Waals surface area contributed by atoms with Crippen LogP contribution in [0.5, 0.6) is 5.75 Å². The minimum absolute atomic E-state index is 0.0949. The molecule has 1 aliphatic heterocycles. The van der Waals surface area contributed by atoms with Crippen molar-refractivity contribution in [2.45, 2.75) is 18.6 Å². The summed E-state index contributed by atoms with van der Waals surface area (Å²) >= 11 is 1.35. The van der Waals surface area contributed by atoms with Crippen LogP contribution < -0.4 is 10.2 Å². The summed E-state index contributed by atoms with van der Waals surface area (Å²) < 4.78 is 7.40. The van der Waals surface area contributed by atoms with E-state index in [1.165, 1.54) is 11.8 Å². The van der Waals surface area contributed by atoms with E-state index in [-0.39, 0.29) is 17.4 Å². The fourth-order valence-electron chi connectivity index (χ4n) is 3.48. The highest BCUT2D eigenvalue weighted by Gasteiger charge is 2.17. The number of ether oxygens (including phenoxy) is 1. The number of phenolic OH excluding ortho intramolecular Hbond substituents is 1. The molecule has 4 rings (SSSR count). The number of carbonyl (C=O) groups is 1. The molecular formula is C22H25N5O3S. The highest BCUT2D eigenvalue weighted by Crippen LogP contribution is 2.28. The van der Waals surface area contributed by atoms with Crippen LogP contribution >= 0.6 is 11.8 Å². The Labute approximate surface area is 185 Å². The number of phenols is 1. The predicted molar refractivity (Wildman–Crippen MR) is 122 cm³/mol. The van der Waals surface area contributed by atoms with Gasteiger partial charge in [0.1, 0.15) is 5.75 Å². The molecule has 1 aliphatic rings. The van der Waals surface area contributed by atoms with E-state index in [0.29, 0.717) is 30.7 Å². The maximum atomic E-state index is 12.7. The number of nitrogens with one attached hydrogen (secondary N) is 1. The van der Waals surface area contributed by atoms with Crippen molar-refractivity contribution in [2.24, 2.45) is 0 Å². The van der Waals surface area contributed by atoms with E-state index in [0.717, 1.165) is 30.0 Å². The Morgan fingerprint density at radius 3 is 2.61 bits per heavy atom. The standard InChI is InChI=1S/C22H25N5O3S/c1-2-27-21(16-7-9-17(28)10-8-16)24-25-22(27)31-15-20(29)23-18-5-3-4-6-19(18)26-11-13-30-14-12-26/h3-10,28H,2,11-15H2,1H3,(H,23,29). The lowest BCUT2D eigenvalue weighted by molar-refractivity contribution is -0.113. The number of hydrogen-bond acceptors (Lipinski definition) is 7. The second kappa shape index (κ2) is 9.84. The van der Waals surface area contributed by atoms with E-state index >= 15 is 0 Å². The summed E-state index contributed by atoms with van der Waals surface area (Å²) in [4.78, 5) is 14.9. The van der Waals surface area contributed by atoms with Gasteiger partial charge >= 0.3 is 0 Å². The maximum Gasteiger partial charge on any atom is 0.234 e. The lowest BCUT2D eigenvalue weighted by Crippen LogP contribution is -2.36. The van der Waals surface area contributed by atoms with Crippen molar-refractivity contribution in [3.8, 4) is 17.1 Å². The number of aromatic nitrogens is 3. The van der Waals surface area contributed by atoms with E-state index < -0.39 is 0 Å². The van der Waals surface area contributed by atoms with Gasteiger partial charge in [-0.3, -0.25) is 4.79 Å². The van der Waals surface area contributed by atoms with Gasteiger partial charge < -0.3 is 24.6 Å². The molecule has 0 radical (unpaired) electrons. The number of aromatic hydroxyl groups is 1.